The monoisotopic (exact) mass is 269 g/mol. The van der Waals surface area contributed by atoms with Gasteiger partial charge >= 0.3 is 0 Å². The first kappa shape index (κ1) is 13.0. The van der Waals surface area contributed by atoms with Gasteiger partial charge in [0.05, 0.1) is 0 Å². The van der Waals surface area contributed by atoms with E-state index in [0.717, 1.165) is 31.4 Å². The van der Waals surface area contributed by atoms with E-state index in [1.54, 1.807) is 12.1 Å². The maximum absolute atomic E-state index is 11.9. The number of rotatable bonds is 3. The molecule has 0 bridgehead atoms. The number of hydrogen-bond donors (Lipinski definition) is 1. The second-order valence-electron chi connectivity index (χ2n) is 5.49. The number of phenolic OH excluding ortho intramolecular Hbond substituents is 1. The highest BCUT2D eigenvalue weighted by Crippen LogP contribution is 2.25. The van der Waals surface area contributed by atoms with Crippen molar-refractivity contribution in [2.45, 2.75) is 39.2 Å². The van der Waals surface area contributed by atoms with E-state index in [1.165, 1.54) is 17.0 Å². The lowest BCUT2D eigenvalue weighted by Crippen LogP contribution is -2.14. The number of aromatic hydroxyl groups is 1. The molecule has 20 heavy (non-hydrogen) atoms. The van der Waals surface area contributed by atoms with Gasteiger partial charge in [0, 0.05) is 29.9 Å². The zero-order chi connectivity index (χ0) is 14.1. The van der Waals surface area contributed by atoms with Gasteiger partial charge in [-0.05, 0) is 49.9 Å². The number of nitrogens with zero attached hydrogens (tertiary/aromatic N) is 1. The van der Waals surface area contributed by atoms with E-state index in [4.69, 9.17) is 0 Å². The Labute approximate surface area is 118 Å². The van der Waals surface area contributed by atoms with E-state index in [1.807, 2.05) is 18.2 Å². The normalized spacial score (nSPS) is 14.3. The summed E-state index contributed by atoms with van der Waals surface area (Å²) in [6, 6.07) is 9.37. The van der Waals surface area contributed by atoms with Crippen LogP contribution >= 0.6 is 0 Å². The Balaban J connectivity index is 1.81. The van der Waals surface area contributed by atoms with Crippen molar-refractivity contribution in [2.24, 2.45) is 0 Å². The van der Waals surface area contributed by atoms with Gasteiger partial charge in [0.15, 0.2) is 5.78 Å². The second-order valence-corrected chi connectivity index (χ2v) is 5.49. The molecule has 0 amide bonds. The van der Waals surface area contributed by atoms with Gasteiger partial charge in [0.2, 0.25) is 0 Å². The van der Waals surface area contributed by atoms with Crippen LogP contribution < -0.4 is 0 Å². The van der Waals surface area contributed by atoms with Gasteiger partial charge in [0.1, 0.15) is 5.75 Å². The molecule has 1 aliphatic rings. The summed E-state index contributed by atoms with van der Waals surface area (Å²) in [5.41, 5.74) is 4.51. The summed E-state index contributed by atoms with van der Waals surface area (Å²) in [7, 11) is 0. The standard InChI is InChI=1S/C17H19NO2/c1-12-11-15-16(3-2-4-17(15)20)18(12)10-9-13-5-7-14(19)8-6-13/h5-8,11,19H,2-4,9-10H2,1H3. The quantitative estimate of drug-likeness (QED) is 0.929. The van der Waals surface area contributed by atoms with Gasteiger partial charge in [-0.25, -0.2) is 0 Å². The van der Waals surface area contributed by atoms with Crippen molar-refractivity contribution in [2.75, 3.05) is 0 Å². The fourth-order valence-corrected chi connectivity index (χ4v) is 3.01. The molecule has 1 aromatic carbocycles. The number of fused-ring (bicyclic) bond motifs is 1. The van der Waals surface area contributed by atoms with Crippen LogP contribution in [-0.2, 0) is 19.4 Å². The third-order valence-electron chi connectivity index (χ3n) is 4.09. The predicted octanol–water partition coefficient (Wildman–Crippen LogP) is 3.26. The third kappa shape index (κ3) is 2.36. The Morgan fingerprint density at radius 3 is 2.70 bits per heavy atom. The molecule has 3 nitrogen and oxygen atoms in total. The molecule has 1 N–H and O–H groups in total. The van der Waals surface area contributed by atoms with Crippen molar-refractivity contribution < 1.29 is 9.90 Å². The molecule has 0 aliphatic heterocycles. The van der Waals surface area contributed by atoms with Crippen LogP contribution in [0.2, 0.25) is 0 Å². The Morgan fingerprint density at radius 1 is 1.20 bits per heavy atom. The third-order valence-corrected chi connectivity index (χ3v) is 4.09. The zero-order valence-electron chi connectivity index (χ0n) is 11.7. The molecule has 0 fully saturated rings. The molecular formula is C17H19NO2. The van der Waals surface area contributed by atoms with Crippen LogP contribution in [0.4, 0.5) is 0 Å². The van der Waals surface area contributed by atoms with E-state index in [0.29, 0.717) is 12.2 Å². The van der Waals surface area contributed by atoms with E-state index >= 15 is 0 Å². The van der Waals surface area contributed by atoms with Crippen LogP contribution in [0, 0.1) is 6.92 Å². The van der Waals surface area contributed by atoms with Crippen LogP contribution in [0.1, 0.15) is 40.2 Å². The number of aromatic nitrogens is 1. The van der Waals surface area contributed by atoms with E-state index in [2.05, 4.69) is 11.5 Å². The molecule has 0 saturated carbocycles. The summed E-state index contributed by atoms with van der Waals surface area (Å²) >= 11 is 0. The van der Waals surface area contributed by atoms with Crippen LogP contribution in [0.15, 0.2) is 30.3 Å². The van der Waals surface area contributed by atoms with Gasteiger partial charge in [-0.15, -0.1) is 0 Å². The lowest BCUT2D eigenvalue weighted by atomic mass is 9.96. The average Bonchev–Trinajstić information content (AvgIpc) is 2.76. The summed E-state index contributed by atoms with van der Waals surface area (Å²) in [6.07, 6.45) is 3.57. The molecule has 0 radical (unpaired) electrons. The minimum absolute atomic E-state index is 0.290. The van der Waals surface area contributed by atoms with Crippen LogP contribution in [0.25, 0.3) is 0 Å². The molecule has 1 heterocycles. The Bertz CT molecular complexity index is 638. The summed E-state index contributed by atoms with van der Waals surface area (Å²) < 4.78 is 2.28. The first-order valence-corrected chi connectivity index (χ1v) is 7.15. The number of carbonyl (C=O) groups excluding carboxylic acids is 1. The first-order chi connectivity index (χ1) is 9.65. The molecule has 1 aromatic heterocycles. The van der Waals surface area contributed by atoms with Crippen molar-refractivity contribution in [3.63, 3.8) is 0 Å². The van der Waals surface area contributed by atoms with Gasteiger partial charge in [-0.1, -0.05) is 12.1 Å². The van der Waals surface area contributed by atoms with Gasteiger partial charge in [0.25, 0.3) is 0 Å². The maximum atomic E-state index is 11.9. The molecule has 0 unspecified atom stereocenters. The average molecular weight is 269 g/mol. The Hall–Kier alpha value is -2.03. The van der Waals surface area contributed by atoms with E-state index < -0.39 is 0 Å². The smallest absolute Gasteiger partial charge is 0.164 e. The predicted molar refractivity (Wildman–Crippen MR) is 78.2 cm³/mol. The van der Waals surface area contributed by atoms with Crippen molar-refractivity contribution in [1.29, 1.82) is 0 Å². The van der Waals surface area contributed by atoms with Crippen molar-refractivity contribution in [3.05, 3.63) is 52.8 Å². The molecule has 2 aromatic rings. The van der Waals surface area contributed by atoms with Gasteiger partial charge in [-0.2, -0.15) is 0 Å². The van der Waals surface area contributed by atoms with Crippen molar-refractivity contribution in [3.8, 4) is 5.75 Å². The molecule has 3 heteroatoms. The topological polar surface area (TPSA) is 42.2 Å². The number of phenols is 1. The van der Waals surface area contributed by atoms with Crippen LogP contribution in [0.3, 0.4) is 0 Å². The highest BCUT2D eigenvalue weighted by atomic mass is 16.3. The van der Waals surface area contributed by atoms with E-state index in [9.17, 15) is 9.90 Å². The minimum Gasteiger partial charge on any atom is -0.508 e. The lowest BCUT2D eigenvalue weighted by Gasteiger charge is -2.16. The van der Waals surface area contributed by atoms with Gasteiger partial charge in [-0.3, -0.25) is 4.79 Å². The number of Topliss-reactive ketones (excluding diaryl/α,β-unsaturated/α-hetero) is 1. The molecule has 0 saturated heterocycles. The van der Waals surface area contributed by atoms with Crippen molar-refractivity contribution >= 4 is 5.78 Å². The fraction of sp³-hybridized carbons (Fsp3) is 0.353. The highest BCUT2D eigenvalue weighted by Gasteiger charge is 2.22. The first-order valence-electron chi connectivity index (χ1n) is 7.15. The second kappa shape index (κ2) is 5.16. The Kier molecular flexibility index (Phi) is 3.35. The molecule has 104 valence electrons. The largest absolute Gasteiger partial charge is 0.508 e. The number of hydrogen-bond acceptors (Lipinski definition) is 2. The number of carbonyl (C=O) groups is 1. The zero-order valence-corrected chi connectivity index (χ0v) is 11.7. The molecule has 0 spiro atoms. The Morgan fingerprint density at radius 2 is 1.95 bits per heavy atom. The molecular weight excluding hydrogens is 250 g/mol. The molecule has 0 atom stereocenters. The summed E-state index contributed by atoms with van der Waals surface area (Å²) in [5, 5.41) is 9.30. The maximum Gasteiger partial charge on any atom is 0.164 e. The summed E-state index contributed by atoms with van der Waals surface area (Å²) in [5.74, 6) is 0.589. The lowest BCUT2D eigenvalue weighted by molar-refractivity contribution is 0.0971. The van der Waals surface area contributed by atoms with Crippen molar-refractivity contribution in [1.82, 2.24) is 4.57 Å². The summed E-state index contributed by atoms with van der Waals surface area (Å²) in [6.45, 7) is 2.96. The van der Waals surface area contributed by atoms with Crippen LogP contribution in [-0.4, -0.2) is 15.5 Å². The van der Waals surface area contributed by atoms with Gasteiger partial charge < -0.3 is 9.67 Å². The molecule has 1 aliphatic carbocycles. The number of ketones is 1. The fourth-order valence-electron chi connectivity index (χ4n) is 3.01. The summed E-state index contributed by atoms with van der Waals surface area (Å²) in [4.78, 5) is 11.9. The van der Waals surface area contributed by atoms with E-state index in [-0.39, 0.29) is 5.78 Å². The highest BCUT2D eigenvalue weighted by molar-refractivity contribution is 5.98. The van der Waals surface area contributed by atoms with Crippen LogP contribution in [0.5, 0.6) is 5.75 Å². The number of benzene rings is 1. The minimum atomic E-state index is 0.290. The molecule has 3 rings (SSSR count). The number of aryl methyl sites for hydroxylation is 2. The SMILES string of the molecule is Cc1cc2c(n1CCc1ccc(O)cc1)CCCC2=O.